The summed E-state index contributed by atoms with van der Waals surface area (Å²) in [5, 5.41) is 0. The van der Waals surface area contributed by atoms with Crippen molar-refractivity contribution in [1.82, 2.24) is 14.2 Å². The van der Waals surface area contributed by atoms with E-state index in [2.05, 4.69) is 21.4 Å². The number of benzene rings is 1. The van der Waals surface area contributed by atoms with Gasteiger partial charge in [-0.05, 0) is 36.4 Å². The smallest absolute Gasteiger partial charge is 0.254 e. The van der Waals surface area contributed by atoms with Gasteiger partial charge in [0.15, 0.2) is 0 Å². The van der Waals surface area contributed by atoms with Crippen molar-refractivity contribution in [3.63, 3.8) is 0 Å². The average Bonchev–Trinajstić information content (AvgIpc) is 3.16. The maximum Gasteiger partial charge on any atom is 0.254 e. The molecule has 3 heterocycles. The third-order valence-electron chi connectivity index (χ3n) is 5.19. The first-order chi connectivity index (χ1) is 13.5. The van der Waals surface area contributed by atoms with Gasteiger partial charge in [0.25, 0.3) is 11.8 Å². The summed E-state index contributed by atoms with van der Waals surface area (Å²) in [7, 11) is 3.51. The van der Waals surface area contributed by atoms with Crippen LogP contribution < -0.4 is 4.90 Å². The van der Waals surface area contributed by atoms with Crippen LogP contribution in [0.1, 0.15) is 20.7 Å². The number of amides is 2. The predicted octanol–water partition coefficient (Wildman–Crippen LogP) is 2.60. The van der Waals surface area contributed by atoms with Gasteiger partial charge in [-0.2, -0.15) is 0 Å². The summed E-state index contributed by atoms with van der Waals surface area (Å²) in [6.07, 6.45) is 1.90. The van der Waals surface area contributed by atoms with E-state index in [1.54, 1.807) is 19.0 Å². The van der Waals surface area contributed by atoms with Gasteiger partial charge >= 0.3 is 0 Å². The molecule has 28 heavy (non-hydrogen) atoms. The molecule has 0 bridgehead atoms. The summed E-state index contributed by atoms with van der Waals surface area (Å²) >= 11 is 0. The molecule has 3 aromatic rings. The topological polar surface area (TPSA) is 48.3 Å². The van der Waals surface area contributed by atoms with Crippen LogP contribution in [0.15, 0.2) is 60.8 Å². The first-order valence-corrected chi connectivity index (χ1v) is 9.46. The Morgan fingerprint density at radius 2 is 1.50 bits per heavy atom. The van der Waals surface area contributed by atoms with Crippen LogP contribution in [-0.4, -0.2) is 66.3 Å². The Hall–Kier alpha value is -3.28. The lowest BCUT2D eigenvalue weighted by Gasteiger charge is -2.36. The molecule has 1 aliphatic rings. The fraction of sp³-hybridized carbons (Fsp3) is 0.273. The highest BCUT2D eigenvalue weighted by Gasteiger charge is 2.23. The molecule has 1 aromatic carbocycles. The van der Waals surface area contributed by atoms with Crippen molar-refractivity contribution in [3.8, 4) is 0 Å². The largest absolute Gasteiger partial charge is 0.354 e. The van der Waals surface area contributed by atoms with Gasteiger partial charge < -0.3 is 19.1 Å². The zero-order valence-corrected chi connectivity index (χ0v) is 16.2. The molecule has 0 N–H and O–H groups in total. The number of carbonyl (C=O) groups excluding carboxylic acids is 2. The molecule has 0 saturated carbocycles. The van der Waals surface area contributed by atoms with Crippen molar-refractivity contribution in [1.29, 1.82) is 0 Å². The summed E-state index contributed by atoms with van der Waals surface area (Å²) in [5.74, 6) is 1.12. The molecule has 4 rings (SSSR count). The Labute approximate surface area is 164 Å². The Balaban J connectivity index is 1.51. The lowest BCUT2D eigenvalue weighted by atomic mass is 10.2. The molecule has 2 amide bonds. The van der Waals surface area contributed by atoms with Crippen LogP contribution in [-0.2, 0) is 0 Å². The zero-order chi connectivity index (χ0) is 19.7. The van der Waals surface area contributed by atoms with Gasteiger partial charge in [0.2, 0.25) is 0 Å². The summed E-state index contributed by atoms with van der Waals surface area (Å²) in [6, 6.07) is 17.4. The van der Waals surface area contributed by atoms with Gasteiger partial charge in [0.1, 0.15) is 5.82 Å². The standard InChI is InChI=1S/C22H24N4O2/c1-23(2)21(27)18-8-9-19-10-11-20(26(19)16-18)24-12-14-25(15-13-24)22(28)17-6-4-3-5-7-17/h3-11,16H,12-15H2,1-2H3. The highest BCUT2D eigenvalue weighted by molar-refractivity contribution is 5.95. The minimum absolute atomic E-state index is 0.0140. The number of pyridine rings is 1. The molecule has 144 valence electrons. The van der Waals surface area contributed by atoms with Crippen LogP contribution in [0.2, 0.25) is 0 Å². The first kappa shape index (κ1) is 18.1. The van der Waals surface area contributed by atoms with Crippen LogP contribution in [0.5, 0.6) is 0 Å². The molecule has 0 unspecified atom stereocenters. The van der Waals surface area contributed by atoms with Gasteiger partial charge in [0, 0.05) is 57.6 Å². The van der Waals surface area contributed by atoms with Crippen LogP contribution in [0, 0.1) is 0 Å². The van der Waals surface area contributed by atoms with E-state index < -0.39 is 0 Å². The summed E-state index contributed by atoms with van der Waals surface area (Å²) in [6.45, 7) is 2.88. The van der Waals surface area contributed by atoms with Crippen LogP contribution in [0.4, 0.5) is 5.82 Å². The zero-order valence-electron chi connectivity index (χ0n) is 16.2. The fourth-order valence-corrected chi connectivity index (χ4v) is 3.63. The van der Waals surface area contributed by atoms with E-state index in [1.807, 2.05) is 53.6 Å². The van der Waals surface area contributed by atoms with Gasteiger partial charge in [0.05, 0.1) is 5.56 Å². The van der Waals surface area contributed by atoms with Gasteiger partial charge in [-0.3, -0.25) is 9.59 Å². The highest BCUT2D eigenvalue weighted by atomic mass is 16.2. The highest BCUT2D eigenvalue weighted by Crippen LogP contribution is 2.22. The van der Waals surface area contributed by atoms with Gasteiger partial charge in [-0.15, -0.1) is 0 Å². The molecule has 6 heteroatoms. The molecular formula is C22H24N4O2. The predicted molar refractivity (Wildman–Crippen MR) is 110 cm³/mol. The molecule has 1 aliphatic heterocycles. The van der Waals surface area contributed by atoms with Crippen LogP contribution >= 0.6 is 0 Å². The minimum Gasteiger partial charge on any atom is -0.354 e. The number of anilines is 1. The number of aromatic nitrogens is 1. The van der Waals surface area contributed by atoms with Crippen LogP contribution in [0.25, 0.3) is 5.52 Å². The number of carbonyl (C=O) groups is 2. The fourth-order valence-electron chi connectivity index (χ4n) is 3.63. The van der Waals surface area contributed by atoms with Crippen molar-refractivity contribution in [2.45, 2.75) is 0 Å². The van der Waals surface area contributed by atoms with Crippen molar-refractivity contribution in [3.05, 3.63) is 71.9 Å². The Bertz CT molecular complexity index is 1000. The van der Waals surface area contributed by atoms with Gasteiger partial charge in [-0.25, -0.2) is 0 Å². The van der Waals surface area contributed by atoms with E-state index >= 15 is 0 Å². The Morgan fingerprint density at radius 1 is 0.821 bits per heavy atom. The maximum atomic E-state index is 12.6. The van der Waals surface area contributed by atoms with E-state index in [-0.39, 0.29) is 11.8 Å². The van der Waals surface area contributed by atoms with E-state index in [4.69, 9.17) is 0 Å². The van der Waals surface area contributed by atoms with E-state index in [1.165, 1.54) is 0 Å². The lowest BCUT2D eigenvalue weighted by molar-refractivity contribution is 0.0745. The minimum atomic E-state index is -0.0140. The maximum absolute atomic E-state index is 12.6. The number of fused-ring (bicyclic) bond motifs is 1. The van der Waals surface area contributed by atoms with Crippen molar-refractivity contribution >= 4 is 23.1 Å². The number of hydrogen-bond acceptors (Lipinski definition) is 3. The average molecular weight is 376 g/mol. The number of nitrogens with zero attached hydrogens (tertiary/aromatic N) is 4. The molecule has 0 aliphatic carbocycles. The lowest BCUT2D eigenvalue weighted by Crippen LogP contribution is -2.49. The first-order valence-electron chi connectivity index (χ1n) is 9.46. The second-order valence-corrected chi connectivity index (χ2v) is 7.25. The second-order valence-electron chi connectivity index (χ2n) is 7.25. The third-order valence-corrected chi connectivity index (χ3v) is 5.19. The molecule has 0 atom stereocenters. The molecule has 0 radical (unpaired) electrons. The summed E-state index contributed by atoms with van der Waals surface area (Å²) < 4.78 is 2.06. The molecular weight excluding hydrogens is 352 g/mol. The normalized spacial score (nSPS) is 14.4. The number of piperazine rings is 1. The van der Waals surface area contributed by atoms with Crippen molar-refractivity contribution in [2.24, 2.45) is 0 Å². The quantitative estimate of drug-likeness (QED) is 0.706. The van der Waals surface area contributed by atoms with Crippen molar-refractivity contribution < 1.29 is 9.59 Å². The Kier molecular flexibility index (Phi) is 4.77. The number of hydrogen-bond donors (Lipinski definition) is 0. The number of rotatable bonds is 3. The van der Waals surface area contributed by atoms with Crippen molar-refractivity contribution in [2.75, 3.05) is 45.2 Å². The molecule has 0 spiro atoms. The van der Waals surface area contributed by atoms with E-state index in [0.717, 1.165) is 30.0 Å². The molecule has 2 aromatic heterocycles. The molecule has 1 saturated heterocycles. The van der Waals surface area contributed by atoms with E-state index in [9.17, 15) is 9.59 Å². The molecule has 6 nitrogen and oxygen atoms in total. The van der Waals surface area contributed by atoms with Crippen LogP contribution in [0.3, 0.4) is 0 Å². The summed E-state index contributed by atoms with van der Waals surface area (Å²) in [4.78, 5) is 30.7. The monoisotopic (exact) mass is 376 g/mol. The van der Waals surface area contributed by atoms with Gasteiger partial charge in [-0.1, -0.05) is 18.2 Å². The summed E-state index contributed by atoms with van der Waals surface area (Å²) in [5.41, 5.74) is 2.44. The third kappa shape index (κ3) is 3.33. The SMILES string of the molecule is CN(C)C(=O)c1ccc2ccc(N3CCN(C(=O)c4ccccc4)CC3)n2c1. The Morgan fingerprint density at radius 3 is 2.18 bits per heavy atom. The molecule has 1 fully saturated rings. The second kappa shape index (κ2) is 7.38. The van der Waals surface area contributed by atoms with E-state index in [0.29, 0.717) is 18.7 Å².